The van der Waals surface area contributed by atoms with Crippen LogP contribution in [-0.2, 0) is 14.9 Å². The molecule has 3 aliphatic rings. The third kappa shape index (κ3) is 6.10. The van der Waals surface area contributed by atoms with E-state index in [2.05, 4.69) is 45.4 Å². The van der Waals surface area contributed by atoms with Crippen LogP contribution >= 0.6 is 0 Å². The Morgan fingerprint density at radius 3 is 2.50 bits per heavy atom. The van der Waals surface area contributed by atoms with Crippen LogP contribution in [0.15, 0.2) is 30.3 Å². The second-order valence-corrected chi connectivity index (χ2v) is 9.94. The average molecular weight is 444 g/mol. The van der Waals surface area contributed by atoms with Gasteiger partial charge in [-0.2, -0.15) is 0 Å². The average Bonchev–Trinajstić information content (AvgIpc) is 3.03. The SMILES string of the molecule is O=C(CCN1CCCCC1)NC[C@]1(c2ccccc2)CC[C@@H](O)[C@H](N2CCOCC2)CC1. The summed E-state index contributed by atoms with van der Waals surface area (Å²) >= 11 is 0. The predicted molar refractivity (Wildman–Crippen MR) is 127 cm³/mol. The number of hydrogen-bond donors (Lipinski definition) is 2. The van der Waals surface area contributed by atoms with Gasteiger partial charge in [0.05, 0.1) is 19.3 Å². The van der Waals surface area contributed by atoms with Gasteiger partial charge in [0.1, 0.15) is 0 Å². The Kier molecular flexibility index (Phi) is 8.58. The molecule has 1 aromatic carbocycles. The molecule has 3 fully saturated rings. The van der Waals surface area contributed by atoms with E-state index in [1.807, 2.05) is 0 Å². The first kappa shape index (κ1) is 23.7. The van der Waals surface area contributed by atoms with Crippen molar-refractivity contribution in [3.63, 3.8) is 0 Å². The molecule has 0 unspecified atom stereocenters. The van der Waals surface area contributed by atoms with Crippen molar-refractivity contribution < 1.29 is 14.6 Å². The second-order valence-electron chi connectivity index (χ2n) is 9.94. The summed E-state index contributed by atoms with van der Waals surface area (Å²) in [6.45, 7) is 7.06. The van der Waals surface area contributed by atoms with Gasteiger partial charge in [-0.3, -0.25) is 9.69 Å². The molecular weight excluding hydrogens is 402 g/mol. The van der Waals surface area contributed by atoms with Crippen molar-refractivity contribution in [3.05, 3.63) is 35.9 Å². The maximum atomic E-state index is 12.8. The fourth-order valence-electron chi connectivity index (χ4n) is 5.85. The normalized spacial score (nSPS) is 30.5. The number of rotatable bonds is 7. The molecule has 1 saturated carbocycles. The number of amides is 1. The Morgan fingerprint density at radius 2 is 1.75 bits per heavy atom. The van der Waals surface area contributed by atoms with E-state index in [9.17, 15) is 9.90 Å². The molecule has 1 aromatic rings. The number of benzene rings is 1. The Labute approximate surface area is 193 Å². The van der Waals surface area contributed by atoms with Crippen molar-refractivity contribution in [1.29, 1.82) is 0 Å². The monoisotopic (exact) mass is 443 g/mol. The fourth-order valence-corrected chi connectivity index (χ4v) is 5.85. The van der Waals surface area contributed by atoms with Crippen molar-refractivity contribution in [2.24, 2.45) is 0 Å². The first-order valence-corrected chi connectivity index (χ1v) is 12.7. The highest BCUT2D eigenvalue weighted by Gasteiger charge is 2.40. The molecule has 6 nitrogen and oxygen atoms in total. The molecule has 0 bridgehead atoms. The van der Waals surface area contributed by atoms with Crippen LogP contribution in [0, 0.1) is 0 Å². The zero-order valence-corrected chi connectivity index (χ0v) is 19.5. The molecule has 2 N–H and O–H groups in total. The number of piperidine rings is 1. The van der Waals surface area contributed by atoms with Gasteiger partial charge in [0.15, 0.2) is 0 Å². The van der Waals surface area contributed by atoms with Crippen molar-refractivity contribution in [3.8, 4) is 0 Å². The lowest BCUT2D eigenvalue weighted by Gasteiger charge is -2.37. The summed E-state index contributed by atoms with van der Waals surface area (Å²) in [6, 6.07) is 10.8. The third-order valence-electron chi connectivity index (χ3n) is 7.91. The second kappa shape index (κ2) is 11.6. The Morgan fingerprint density at radius 1 is 1.03 bits per heavy atom. The van der Waals surface area contributed by atoms with Crippen LogP contribution in [0.1, 0.15) is 56.9 Å². The van der Waals surface area contributed by atoms with E-state index >= 15 is 0 Å². The zero-order chi connectivity index (χ0) is 22.2. The van der Waals surface area contributed by atoms with Gasteiger partial charge in [-0.25, -0.2) is 0 Å². The number of aliphatic hydroxyl groups is 1. The van der Waals surface area contributed by atoms with Gasteiger partial charge in [-0.15, -0.1) is 0 Å². The van der Waals surface area contributed by atoms with Crippen LogP contribution in [0.2, 0.25) is 0 Å². The van der Waals surface area contributed by atoms with E-state index in [1.165, 1.54) is 24.8 Å². The van der Waals surface area contributed by atoms with Gasteiger partial charge in [-0.1, -0.05) is 36.8 Å². The minimum absolute atomic E-state index is 0.121. The van der Waals surface area contributed by atoms with Gasteiger partial charge in [0, 0.05) is 44.1 Å². The number of morpholine rings is 1. The fraction of sp³-hybridized carbons (Fsp3) is 0.731. The largest absolute Gasteiger partial charge is 0.391 e. The molecule has 4 rings (SSSR count). The van der Waals surface area contributed by atoms with Gasteiger partial charge >= 0.3 is 0 Å². The highest BCUT2D eigenvalue weighted by molar-refractivity contribution is 5.76. The van der Waals surface area contributed by atoms with Crippen LogP contribution in [0.5, 0.6) is 0 Å². The molecule has 3 atom stereocenters. The minimum atomic E-state index is -0.325. The maximum Gasteiger partial charge on any atom is 0.221 e. The topological polar surface area (TPSA) is 65.0 Å². The van der Waals surface area contributed by atoms with Crippen LogP contribution in [0.25, 0.3) is 0 Å². The maximum absolute atomic E-state index is 12.8. The standard InChI is InChI=1S/C26H41N3O3/c30-24-10-13-26(22-7-3-1-4-8-22,12-9-23(24)29-17-19-32-20-18-29)21-27-25(31)11-16-28-14-5-2-6-15-28/h1,3-4,7-8,23-24,30H,2,5-6,9-21H2,(H,27,31)/t23-,24-,26-/m1/s1. The summed E-state index contributed by atoms with van der Waals surface area (Å²) in [4.78, 5) is 17.6. The molecule has 6 heteroatoms. The number of likely N-dealkylation sites (tertiary alicyclic amines) is 1. The number of ether oxygens (including phenoxy) is 1. The van der Waals surface area contributed by atoms with Crippen LogP contribution < -0.4 is 5.32 Å². The lowest BCUT2D eigenvalue weighted by Crippen LogP contribution is -2.48. The first-order chi connectivity index (χ1) is 15.7. The summed E-state index contributed by atoms with van der Waals surface area (Å²) in [7, 11) is 0. The number of hydrogen-bond acceptors (Lipinski definition) is 5. The first-order valence-electron chi connectivity index (χ1n) is 12.7. The molecular formula is C26H41N3O3. The molecule has 1 amide bonds. The van der Waals surface area contributed by atoms with Crippen LogP contribution in [0.3, 0.4) is 0 Å². The van der Waals surface area contributed by atoms with E-state index in [1.54, 1.807) is 0 Å². The lowest BCUT2D eigenvalue weighted by atomic mass is 9.74. The predicted octanol–water partition coefficient (Wildman–Crippen LogP) is 2.55. The van der Waals surface area contributed by atoms with Gasteiger partial charge in [0.25, 0.3) is 0 Å². The van der Waals surface area contributed by atoms with Crippen LogP contribution in [0.4, 0.5) is 0 Å². The van der Waals surface area contributed by atoms with Crippen molar-refractivity contribution in [2.75, 3.05) is 52.5 Å². The molecule has 2 aliphatic heterocycles. The number of carbonyl (C=O) groups excluding carboxylic acids is 1. The van der Waals surface area contributed by atoms with E-state index in [-0.39, 0.29) is 23.5 Å². The number of nitrogens with zero attached hydrogens (tertiary/aromatic N) is 2. The Bertz CT molecular complexity index is 704. The van der Waals surface area contributed by atoms with Gasteiger partial charge in [0.2, 0.25) is 5.91 Å². The number of nitrogens with one attached hydrogen (secondary N) is 1. The molecule has 32 heavy (non-hydrogen) atoms. The Balaban J connectivity index is 1.40. The van der Waals surface area contributed by atoms with Crippen LogP contribution in [-0.4, -0.2) is 85.4 Å². The molecule has 1 aliphatic carbocycles. The molecule has 0 aromatic heterocycles. The van der Waals surface area contributed by atoms with Crippen molar-refractivity contribution >= 4 is 5.91 Å². The Hall–Kier alpha value is -1.47. The molecule has 178 valence electrons. The summed E-state index contributed by atoms with van der Waals surface area (Å²) in [5.41, 5.74) is 1.16. The van der Waals surface area contributed by atoms with Crippen molar-refractivity contribution in [1.82, 2.24) is 15.1 Å². The molecule has 2 saturated heterocycles. The lowest BCUT2D eigenvalue weighted by molar-refractivity contribution is -0.121. The summed E-state index contributed by atoms with van der Waals surface area (Å²) in [5.74, 6) is 0.153. The van der Waals surface area contributed by atoms with E-state index in [0.717, 1.165) is 71.6 Å². The van der Waals surface area contributed by atoms with E-state index < -0.39 is 0 Å². The number of carbonyl (C=O) groups is 1. The van der Waals surface area contributed by atoms with Gasteiger partial charge < -0.3 is 20.1 Å². The third-order valence-corrected chi connectivity index (χ3v) is 7.91. The highest BCUT2D eigenvalue weighted by atomic mass is 16.5. The highest BCUT2D eigenvalue weighted by Crippen LogP contribution is 2.39. The quantitative estimate of drug-likeness (QED) is 0.634. The summed E-state index contributed by atoms with van der Waals surface area (Å²) in [5, 5.41) is 14.3. The smallest absolute Gasteiger partial charge is 0.221 e. The minimum Gasteiger partial charge on any atom is -0.391 e. The summed E-state index contributed by atoms with van der Waals surface area (Å²) < 4.78 is 5.52. The molecule has 2 heterocycles. The molecule has 0 radical (unpaired) electrons. The van der Waals surface area contributed by atoms with Crippen molar-refractivity contribution in [2.45, 2.75) is 68.9 Å². The number of aliphatic hydroxyl groups excluding tert-OH is 1. The van der Waals surface area contributed by atoms with E-state index in [0.29, 0.717) is 13.0 Å². The van der Waals surface area contributed by atoms with Gasteiger partial charge in [-0.05, 0) is 57.2 Å². The van der Waals surface area contributed by atoms with E-state index in [4.69, 9.17) is 4.74 Å². The molecule has 0 spiro atoms. The summed E-state index contributed by atoms with van der Waals surface area (Å²) in [6.07, 6.45) is 7.66. The zero-order valence-electron chi connectivity index (χ0n) is 19.5.